The van der Waals surface area contributed by atoms with Crippen molar-refractivity contribution in [3.63, 3.8) is 0 Å². The van der Waals surface area contributed by atoms with E-state index in [9.17, 15) is 14.5 Å². The molecule has 4 aromatic rings. The maximum absolute atomic E-state index is 12.4. The number of hydrogen-bond acceptors (Lipinski definition) is 17. The normalized spacial score (nSPS) is 22.0. The fraction of sp³-hybridized carbons (Fsp3) is 0.450. The van der Waals surface area contributed by atoms with Crippen LogP contribution in [-0.4, -0.2) is 89.3 Å². The van der Waals surface area contributed by atoms with E-state index in [0.717, 1.165) is 0 Å². The van der Waals surface area contributed by atoms with Crippen molar-refractivity contribution in [2.24, 2.45) is 0 Å². The summed E-state index contributed by atoms with van der Waals surface area (Å²) in [6.07, 6.45) is -0.701. The monoisotopic (exact) mass is 693 g/mol. The van der Waals surface area contributed by atoms with Crippen molar-refractivity contribution >= 4 is 73.7 Å². The first-order chi connectivity index (χ1) is 20.7. The zero-order chi connectivity index (χ0) is 30.6. The van der Waals surface area contributed by atoms with Crippen LogP contribution in [0.15, 0.2) is 22.8 Å². The average Bonchev–Trinajstić information content (AvgIpc) is 3.77. The highest BCUT2D eigenvalue weighted by molar-refractivity contribution is 8.36. The van der Waals surface area contributed by atoms with E-state index in [1.165, 1.54) is 34.0 Å². The fourth-order valence-electron chi connectivity index (χ4n) is 4.31. The second-order valence-corrected chi connectivity index (χ2v) is 13.4. The summed E-state index contributed by atoms with van der Waals surface area (Å²) < 4.78 is 36.7. The minimum atomic E-state index is -4.04. The predicted octanol–water partition coefficient (Wildman–Crippen LogP) is 0.776. The van der Waals surface area contributed by atoms with Crippen LogP contribution in [-0.2, 0) is 57.5 Å². The molecule has 5 rings (SSSR count). The Balaban J connectivity index is 1.40. The molecular weight excluding hydrogens is 668 g/mol. The third-order valence-electron chi connectivity index (χ3n) is 6.10. The van der Waals surface area contributed by atoms with Gasteiger partial charge in [-0.2, -0.15) is 4.98 Å². The molecule has 1 aliphatic heterocycles. The van der Waals surface area contributed by atoms with E-state index < -0.39 is 36.8 Å². The number of anilines is 1. The summed E-state index contributed by atoms with van der Waals surface area (Å²) in [7, 11) is 1.30. The van der Waals surface area contributed by atoms with Crippen molar-refractivity contribution in [1.29, 1.82) is 0 Å². The molecule has 232 valence electrons. The van der Waals surface area contributed by atoms with E-state index in [0.29, 0.717) is 17.2 Å². The number of nitrogen functional groups attached to an aromatic ring is 1. The maximum atomic E-state index is 12.4. The molecule has 23 heteroatoms. The highest BCUT2D eigenvalue weighted by atomic mass is 32.7. The Hall–Kier alpha value is -2.42. The number of imidazole rings is 1. The van der Waals surface area contributed by atoms with Crippen molar-refractivity contribution in [3.05, 3.63) is 34.2 Å². The lowest BCUT2D eigenvalue weighted by Crippen LogP contribution is -2.37. The van der Waals surface area contributed by atoms with E-state index in [4.69, 9.17) is 45.3 Å². The number of aromatic amines is 1. The summed E-state index contributed by atoms with van der Waals surface area (Å²) in [5, 5.41) is 4.42. The lowest BCUT2D eigenvalue weighted by atomic mass is 10.1. The molecule has 4 aromatic heterocycles. The fourth-order valence-corrected chi connectivity index (χ4v) is 6.65. The highest BCUT2D eigenvalue weighted by Gasteiger charge is 2.50. The average molecular weight is 694 g/mol. The Morgan fingerprint density at radius 1 is 1.40 bits per heavy atom. The van der Waals surface area contributed by atoms with Gasteiger partial charge in [-0.25, -0.2) is 14.6 Å². The summed E-state index contributed by atoms with van der Waals surface area (Å²) in [5.74, 6) is 0.516. The van der Waals surface area contributed by atoms with Crippen molar-refractivity contribution in [2.75, 3.05) is 26.1 Å². The largest absolute Gasteiger partial charge is 0.466 e. The Morgan fingerprint density at radius 2 is 2.23 bits per heavy atom. The summed E-state index contributed by atoms with van der Waals surface area (Å²) in [6.45, 7) is -3.75. The number of nitrogens with one attached hydrogen (secondary N) is 1. The molecule has 0 spiro atoms. The van der Waals surface area contributed by atoms with Crippen LogP contribution in [0.1, 0.15) is 12.1 Å². The van der Waals surface area contributed by atoms with Crippen LogP contribution in [0, 0.1) is 0 Å². The van der Waals surface area contributed by atoms with E-state index in [2.05, 4.69) is 42.3 Å². The van der Waals surface area contributed by atoms with Crippen LogP contribution < -0.4 is 11.3 Å². The molecule has 1 aliphatic rings. The van der Waals surface area contributed by atoms with Crippen LogP contribution in [0.3, 0.4) is 0 Å². The van der Waals surface area contributed by atoms with Crippen LogP contribution >= 0.6 is 38.3 Å². The van der Waals surface area contributed by atoms with Crippen LogP contribution in [0.4, 0.5) is 5.95 Å². The topological polar surface area (TPSA) is 226 Å². The number of aromatic nitrogens is 8. The SMILES string of the molecule is CO[C@H]1[C@@H](OP(O)(=S)OCc2nc(-c3cncs3)nn2CCOC=O)[C@H](n2cnc3c(=O)[nH]c(N)nc32)O[C@@H]1COPS. The second kappa shape index (κ2) is 14.1. The van der Waals surface area contributed by atoms with Gasteiger partial charge in [0.25, 0.3) is 12.0 Å². The minimum absolute atomic E-state index is 0.0105. The van der Waals surface area contributed by atoms with Gasteiger partial charge in [-0.05, 0) is 11.8 Å². The molecule has 4 N–H and O–H groups in total. The molecule has 0 amide bonds. The van der Waals surface area contributed by atoms with Gasteiger partial charge in [0, 0.05) is 13.3 Å². The smallest absolute Gasteiger partial charge is 0.325 e. The van der Waals surface area contributed by atoms with E-state index >= 15 is 0 Å². The molecule has 6 atom stereocenters. The zero-order valence-corrected chi connectivity index (χ0v) is 26.5. The molecule has 43 heavy (non-hydrogen) atoms. The first-order valence-electron chi connectivity index (χ1n) is 12.2. The number of nitrogens with two attached hydrogens (primary N) is 1. The molecule has 0 aliphatic carbocycles. The van der Waals surface area contributed by atoms with Gasteiger partial charge < -0.3 is 33.9 Å². The van der Waals surface area contributed by atoms with Crippen molar-refractivity contribution in [1.82, 2.24) is 39.3 Å². The van der Waals surface area contributed by atoms with E-state index in [-0.39, 0.29) is 57.3 Å². The van der Waals surface area contributed by atoms with Gasteiger partial charge in [-0.15, -0.1) is 28.7 Å². The third kappa shape index (κ3) is 7.29. The zero-order valence-electron chi connectivity index (χ0n) is 22.1. The van der Waals surface area contributed by atoms with Gasteiger partial charge in [-0.3, -0.25) is 28.6 Å². The number of fused-ring (bicyclic) bond motifs is 1. The number of rotatable bonds is 15. The van der Waals surface area contributed by atoms with Crippen molar-refractivity contribution in [2.45, 2.75) is 37.7 Å². The third-order valence-corrected chi connectivity index (χ3v) is 9.09. The lowest BCUT2D eigenvalue weighted by Gasteiger charge is -2.27. The Bertz CT molecular complexity index is 1650. The van der Waals surface area contributed by atoms with Crippen LogP contribution in [0.2, 0.25) is 0 Å². The maximum Gasteiger partial charge on any atom is 0.325 e. The molecule has 1 fully saturated rings. The van der Waals surface area contributed by atoms with Crippen molar-refractivity contribution in [3.8, 4) is 10.7 Å². The van der Waals surface area contributed by atoms with Crippen LogP contribution in [0.5, 0.6) is 0 Å². The standard InChI is InChI=1S/C20H25N9O9P2S3/c1-33-14-10(5-35-39-41)37-19(28-7-23-13-17(28)25-20(21)26-18(13)31)15(14)38-40(32,42)36-6-12-24-16(11-4-22-8-43-11)27-29(12)2-3-34-9-30/h4,7-10,14-15,19,39,41H,2-3,5-6H2,1H3,(H,32,42)(H3,21,25,26,31)/t10-,14-,15-,19-,40?/m1/s1. The van der Waals surface area contributed by atoms with Gasteiger partial charge >= 0.3 is 6.72 Å². The van der Waals surface area contributed by atoms with Crippen molar-refractivity contribution < 1.29 is 37.5 Å². The number of methoxy groups -OCH3 is 1. The Kier molecular flexibility index (Phi) is 10.5. The Labute approximate surface area is 258 Å². The molecule has 0 radical (unpaired) electrons. The quantitative estimate of drug-likeness (QED) is 0.0584. The van der Waals surface area contributed by atoms with E-state index in [1.807, 2.05) is 0 Å². The number of carbonyl (C=O) groups is 1. The molecule has 0 saturated carbocycles. The molecule has 18 nitrogen and oxygen atoms in total. The molecule has 5 heterocycles. The molecular formula is C20H25N9O9P2S3. The van der Waals surface area contributed by atoms with Gasteiger partial charge in [0.1, 0.15) is 31.5 Å². The number of H-pyrrole nitrogens is 1. The van der Waals surface area contributed by atoms with E-state index in [1.54, 1.807) is 11.7 Å². The molecule has 0 bridgehead atoms. The number of thiol groups is 1. The number of carbonyl (C=O) groups excluding carboxylic acids is 1. The minimum Gasteiger partial charge on any atom is -0.466 e. The van der Waals surface area contributed by atoms with Gasteiger partial charge in [0.05, 0.1) is 37.9 Å². The van der Waals surface area contributed by atoms with Crippen LogP contribution in [0.25, 0.3) is 21.9 Å². The predicted molar refractivity (Wildman–Crippen MR) is 160 cm³/mol. The first-order valence-corrected chi connectivity index (χ1v) is 17.9. The summed E-state index contributed by atoms with van der Waals surface area (Å²) >= 11 is 10.8. The summed E-state index contributed by atoms with van der Waals surface area (Å²) in [4.78, 5) is 54.1. The summed E-state index contributed by atoms with van der Waals surface area (Å²) in [5.41, 5.74) is 6.97. The molecule has 2 unspecified atom stereocenters. The number of nitrogens with zero attached hydrogens (tertiary/aromatic N) is 7. The first kappa shape index (κ1) is 32.0. The molecule has 1 saturated heterocycles. The highest BCUT2D eigenvalue weighted by Crippen LogP contribution is 2.51. The lowest BCUT2D eigenvalue weighted by molar-refractivity contribution is -0.129. The second-order valence-electron chi connectivity index (χ2n) is 8.66. The Morgan fingerprint density at radius 3 is 2.95 bits per heavy atom. The van der Waals surface area contributed by atoms with Gasteiger partial charge in [0.2, 0.25) is 5.95 Å². The number of ether oxygens (including phenoxy) is 3. The number of thiazole rings is 1. The number of hydrogen-bond donors (Lipinski definition) is 4. The molecule has 0 aromatic carbocycles. The van der Waals surface area contributed by atoms with Gasteiger partial charge in [0.15, 0.2) is 29.0 Å². The summed E-state index contributed by atoms with van der Waals surface area (Å²) in [6, 6.07) is 0. The van der Waals surface area contributed by atoms with Gasteiger partial charge in [-0.1, -0.05) is 0 Å².